The molecule has 3 heteroatoms. The molecule has 0 bridgehead atoms. The van der Waals surface area contributed by atoms with E-state index in [9.17, 15) is 0 Å². The zero-order valence-electron chi connectivity index (χ0n) is 11.3. The van der Waals surface area contributed by atoms with Crippen LogP contribution in [0, 0.1) is 0 Å². The minimum atomic E-state index is 0.788. The van der Waals surface area contributed by atoms with Crippen LogP contribution in [0.15, 0.2) is 71.3 Å². The number of aromatic nitrogens is 2. The Morgan fingerprint density at radius 3 is 2.76 bits per heavy atom. The molecule has 0 aliphatic rings. The van der Waals surface area contributed by atoms with Gasteiger partial charge in [-0.05, 0) is 36.4 Å². The summed E-state index contributed by atoms with van der Waals surface area (Å²) in [7, 11) is 0. The van der Waals surface area contributed by atoms with Crippen LogP contribution in [0.4, 0.5) is 0 Å². The third-order valence-electron chi connectivity index (χ3n) is 3.72. The fourth-order valence-corrected chi connectivity index (χ4v) is 3.06. The zero-order valence-corrected chi connectivity index (χ0v) is 12.9. The summed E-state index contributed by atoms with van der Waals surface area (Å²) in [5.74, 6) is 0. The number of para-hydroxylation sites is 1. The van der Waals surface area contributed by atoms with Gasteiger partial charge in [0.15, 0.2) is 0 Å². The van der Waals surface area contributed by atoms with Crippen molar-refractivity contribution < 1.29 is 0 Å². The monoisotopic (exact) mass is 336 g/mol. The standard InChI is InChI=1S/C18H13BrN2/c19-15-6-8-18-14(11-15)9-10-21(18)12-16-7-5-13-3-1-2-4-17(13)20-16/h1-11H,12H2. The van der Waals surface area contributed by atoms with E-state index in [-0.39, 0.29) is 0 Å². The van der Waals surface area contributed by atoms with E-state index >= 15 is 0 Å². The molecule has 0 fully saturated rings. The van der Waals surface area contributed by atoms with E-state index in [0.717, 1.165) is 22.2 Å². The van der Waals surface area contributed by atoms with Gasteiger partial charge in [-0.3, -0.25) is 4.98 Å². The first-order valence-corrected chi connectivity index (χ1v) is 7.68. The molecule has 2 nitrogen and oxygen atoms in total. The fourth-order valence-electron chi connectivity index (χ4n) is 2.68. The van der Waals surface area contributed by atoms with Crippen LogP contribution >= 0.6 is 15.9 Å². The molecule has 0 spiro atoms. The van der Waals surface area contributed by atoms with Crippen LogP contribution in [0.2, 0.25) is 0 Å². The quantitative estimate of drug-likeness (QED) is 0.503. The van der Waals surface area contributed by atoms with Gasteiger partial charge in [-0.1, -0.05) is 40.2 Å². The molecule has 2 aromatic carbocycles. The maximum absolute atomic E-state index is 4.74. The summed E-state index contributed by atoms with van der Waals surface area (Å²) in [4.78, 5) is 4.74. The predicted octanol–water partition coefficient (Wildman–Crippen LogP) is 5.00. The molecule has 0 aliphatic heterocycles. The first-order chi connectivity index (χ1) is 10.3. The van der Waals surface area contributed by atoms with Gasteiger partial charge >= 0.3 is 0 Å². The third kappa shape index (κ3) is 2.34. The Bertz CT molecular complexity index is 940. The number of fused-ring (bicyclic) bond motifs is 2. The van der Waals surface area contributed by atoms with Gasteiger partial charge in [-0.2, -0.15) is 0 Å². The minimum Gasteiger partial charge on any atom is -0.341 e. The first kappa shape index (κ1) is 12.6. The molecular formula is C18H13BrN2. The van der Waals surface area contributed by atoms with E-state index < -0.39 is 0 Å². The van der Waals surface area contributed by atoms with Gasteiger partial charge in [-0.15, -0.1) is 0 Å². The number of hydrogen-bond donors (Lipinski definition) is 0. The lowest BCUT2D eigenvalue weighted by Gasteiger charge is -2.06. The largest absolute Gasteiger partial charge is 0.341 e. The van der Waals surface area contributed by atoms with Crippen molar-refractivity contribution in [3.8, 4) is 0 Å². The third-order valence-corrected chi connectivity index (χ3v) is 4.21. The summed E-state index contributed by atoms with van der Waals surface area (Å²) in [5.41, 5.74) is 3.36. The van der Waals surface area contributed by atoms with Gasteiger partial charge in [-0.25, -0.2) is 0 Å². The summed E-state index contributed by atoms with van der Waals surface area (Å²) >= 11 is 3.51. The second kappa shape index (κ2) is 5.01. The highest BCUT2D eigenvalue weighted by atomic mass is 79.9. The maximum Gasteiger partial charge on any atom is 0.0706 e. The van der Waals surface area contributed by atoms with Crippen molar-refractivity contribution in [1.82, 2.24) is 9.55 Å². The molecule has 0 amide bonds. The molecule has 0 unspecified atom stereocenters. The molecule has 0 radical (unpaired) electrons. The van der Waals surface area contributed by atoms with Crippen LogP contribution in [0.5, 0.6) is 0 Å². The van der Waals surface area contributed by atoms with Crippen molar-refractivity contribution >= 4 is 37.7 Å². The van der Waals surface area contributed by atoms with Crippen LogP contribution in [0.25, 0.3) is 21.8 Å². The Hall–Kier alpha value is -2.13. The number of hydrogen-bond acceptors (Lipinski definition) is 1. The number of pyridine rings is 1. The second-order valence-electron chi connectivity index (χ2n) is 5.14. The first-order valence-electron chi connectivity index (χ1n) is 6.89. The molecule has 0 saturated heterocycles. The average Bonchev–Trinajstić information content (AvgIpc) is 2.89. The number of nitrogens with zero attached hydrogens (tertiary/aromatic N) is 2. The average molecular weight is 337 g/mol. The van der Waals surface area contributed by atoms with Crippen molar-refractivity contribution in [3.63, 3.8) is 0 Å². The molecule has 0 aliphatic carbocycles. The highest BCUT2D eigenvalue weighted by molar-refractivity contribution is 9.10. The lowest BCUT2D eigenvalue weighted by Crippen LogP contribution is -2.00. The van der Waals surface area contributed by atoms with E-state index in [4.69, 9.17) is 4.98 Å². The number of halogens is 1. The lowest BCUT2D eigenvalue weighted by molar-refractivity contribution is 0.812. The van der Waals surface area contributed by atoms with E-state index in [1.807, 2.05) is 12.1 Å². The molecular weight excluding hydrogens is 324 g/mol. The second-order valence-corrected chi connectivity index (χ2v) is 6.06. The van der Waals surface area contributed by atoms with Crippen molar-refractivity contribution in [2.45, 2.75) is 6.54 Å². The number of benzene rings is 2. The van der Waals surface area contributed by atoms with Crippen LogP contribution in [0.3, 0.4) is 0 Å². The Kier molecular flexibility index (Phi) is 3.00. The maximum atomic E-state index is 4.74. The topological polar surface area (TPSA) is 17.8 Å². The highest BCUT2D eigenvalue weighted by Gasteiger charge is 2.04. The van der Waals surface area contributed by atoms with Gasteiger partial charge in [0.05, 0.1) is 17.8 Å². The van der Waals surface area contributed by atoms with Gasteiger partial charge in [0, 0.05) is 27.0 Å². The smallest absolute Gasteiger partial charge is 0.0706 e. The molecule has 0 atom stereocenters. The van der Waals surface area contributed by atoms with Crippen molar-refractivity contribution in [2.75, 3.05) is 0 Å². The van der Waals surface area contributed by atoms with Crippen molar-refractivity contribution in [2.24, 2.45) is 0 Å². The Balaban J connectivity index is 1.75. The fraction of sp³-hybridized carbons (Fsp3) is 0.0556. The molecule has 4 aromatic rings. The van der Waals surface area contributed by atoms with Crippen LogP contribution in [-0.4, -0.2) is 9.55 Å². The van der Waals surface area contributed by atoms with Gasteiger partial charge in [0.1, 0.15) is 0 Å². The molecule has 0 saturated carbocycles. The lowest BCUT2D eigenvalue weighted by atomic mass is 10.2. The van der Waals surface area contributed by atoms with Gasteiger partial charge < -0.3 is 4.57 Å². The molecule has 21 heavy (non-hydrogen) atoms. The summed E-state index contributed by atoms with van der Waals surface area (Å²) in [6.07, 6.45) is 2.12. The van der Waals surface area contributed by atoms with Gasteiger partial charge in [0.25, 0.3) is 0 Å². The van der Waals surface area contributed by atoms with Gasteiger partial charge in [0.2, 0.25) is 0 Å². The molecule has 102 valence electrons. The minimum absolute atomic E-state index is 0.788. The Morgan fingerprint density at radius 1 is 0.905 bits per heavy atom. The van der Waals surface area contributed by atoms with Crippen molar-refractivity contribution in [1.29, 1.82) is 0 Å². The highest BCUT2D eigenvalue weighted by Crippen LogP contribution is 2.22. The summed E-state index contributed by atoms with van der Waals surface area (Å²) < 4.78 is 3.34. The SMILES string of the molecule is Brc1ccc2c(ccn2Cc2ccc3ccccc3n2)c1. The van der Waals surface area contributed by atoms with Crippen LogP contribution in [-0.2, 0) is 6.54 Å². The predicted molar refractivity (Wildman–Crippen MR) is 90.5 cm³/mol. The summed E-state index contributed by atoms with van der Waals surface area (Å²) in [5, 5.41) is 2.42. The summed E-state index contributed by atoms with van der Waals surface area (Å²) in [6.45, 7) is 0.788. The zero-order chi connectivity index (χ0) is 14.2. The van der Waals surface area contributed by atoms with E-state index in [1.54, 1.807) is 0 Å². The summed E-state index contributed by atoms with van der Waals surface area (Å²) in [6, 6.07) is 21.0. The Labute approximate surface area is 131 Å². The molecule has 0 N–H and O–H groups in total. The van der Waals surface area contributed by atoms with Crippen LogP contribution < -0.4 is 0 Å². The molecule has 2 aromatic heterocycles. The normalized spacial score (nSPS) is 11.3. The Morgan fingerprint density at radius 2 is 1.81 bits per heavy atom. The van der Waals surface area contributed by atoms with Crippen molar-refractivity contribution in [3.05, 3.63) is 77.0 Å². The van der Waals surface area contributed by atoms with E-state index in [1.165, 1.54) is 16.3 Å². The van der Waals surface area contributed by atoms with E-state index in [2.05, 4.69) is 75.2 Å². The number of rotatable bonds is 2. The molecule has 2 heterocycles. The van der Waals surface area contributed by atoms with Crippen LogP contribution in [0.1, 0.15) is 5.69 Å². The molecule has 4 rings (SSSR count). The van der Waals surface area contributed by atoms with E-state index in [0.29, 0.717) is 0 Å².